The summed E-state index contributed by atoms with van der Waals surface area (Å²) in [6.07, 6.45) is 6.61. The number of nitrogens with zero attached hydrogens (tertiary/aromatic N) is 3. The van der Waals surface area contributed by atoms with Gasteiger partial charge in [-0.15, -0.1) is 0 Å². The van der Waals surface area contributed by atoms with Crippen molar-refractivity contribution in [2.75, 3.05) is 20.2 Å². The van der Waals surface area contributed by atoms with Crippen LogP contribution in [0.25, 0.3) is 0 Å². The summed E-state index contributed by atoms with van der Waals surface area (Å²) in [5.74, 6) is 0. The summed E-state index contributed by atoms with van der Waals surface area (Å²) in [5.41, 5.74) is 0. The molecule has 112 valence electrons. The monoisotopic (exact) mass is 280 g/mol. The van der Waals surface area contributed by atoms with Gasteiger partial charge in [0.2, 0.25) is 0 Å². The number of carbonyl (C=O) groups is 1. The van der Waals surface area contributed by atoms with Crippen LogP contribution in [0.3, 0.4) is 0 Å². The van der Waals surface area contributed by atoms with Gasteiger partial charge in [0.15, 0.2) is 0 Å². The SMILES string of the molecule is COC(=O)N1CCC(N[C@@H](C)CCn2cccn2)CC1. The fourth-order valence-corrected chi connectivity index (χ4v) is 2.60. The standard InChI is InChI=1S/C14H24N4O2/c1-12(4-11-18-8-3-7-15-18)16-13-5-9-17(10-6-13)14(19)20-2/h3,7-8,12-13,16H,4-6,9-11H2,1-2H3/t12-/m0/s1. The van der Waals surface area contributed by atoms with Crippen molar-refractivity contribution in [2.24, 2.45) is 0 Å². The molecule has 1 aliphatic heterocycles. The molecule has 0 unspecified atom stereocenters. The quantitative estimate of drug-likeness (QED) is 0.887. The minimum Gasteiger partial charge on any atom is -0.453 e. The first-order valence-corrected chi connectivity index (χ1v) is 7.25. The minimum absolute atomic E-state index is 0.213. The lowest BCUT2D eigenvalue weighted by Gasteiger charge is -2.33. The number of piperidine rings is 1. The third-order valence-corrected chi connectivity index (χ3v) is 3.80. The van der Waals surface area contributed by atoms with Gasteiger partial charge in [-0.3, -0.25) is 4.68 Å². The summed E-state index contributed by atoms with van der Waals surface area (Å²) in [6, 6.07) is 2.89. The number of nitrogens with one attached hydrogen (secondary N) is 1. The Labute approximate surface area is 120 Å². The highest BCUT2D eigenvalue weighted by Crippen LogP contribution is 2.12. The van der Waals surface area contributed by atoms with Gasteiger partial charge < -0.3 is 15.0 Å². The lowest BCUT2D eigenvalue weighted by molar-refractivity contribution is 0.108. The zero-order chi connectivity index (χ0) is 14.4. The van der Waals surface area contributed by atoms with E-state index in [2.05, 4.69) is 17.3 Å². The van der Waals surface area contributed by atoms with Crippen molar-refractivity contribution in [2.45, 2.75) is 44.8 Å². The number of rotatable bonds is 5. The van der Waals surface area contributed by atoms with Gasteiger partial charge >= 0.3 is 6.09 Å². The maximum atomic E-state index is 11.4. The second-order valence-corrected chi connectivity index (χ2v) is 5.36. The average Bonchev–Trinajstić information content (AvgIpc) is 2.98. The molecular weight excluding hydrogens is 256 g/mol. The molecule has 0 aromatic carbocycles. The van der Waals surface area contributed by atoms with Crippen molar-refractivity contribution in [3.05, 3.63) is 18.5 Å². The van der Waals surface area contributed by atoms with E-state index in [0.717, 1.165) is 38.9 Å². The van der Waals surface area contributed by atoms with Crippen LogP contribution >= 0.6 is 0 Å². The molecule has 0 saturated carbocycles. The summed E-state index contributed by atoms with van der Waals surface area (Å²) in [7, 11) is 1.43. The molecule has 0 aliphatic carbocycles. The number of hydrogen-bond donors (Lipinski definition) is 1. The smallest absolute Gasteiger partial charge is 0.409 e. The van der Waals surface area contributed by atoms with Crippen LogP contribution in [0, 0.1) is 0 Å². The number of hydrogen-bond acceptors (Lipinski definition) is 4. The Hall–Kier alpha value is -1.56. The van der Waals surface area contributed by atoms with E-state index >= 15 is 0 Å². The maximum absolute atomic E-state index is 11.4. The molecule has 1 saturated heterocycles. The van der Waals surface area contributed by atoms with E-state index in [9.17, 15) is 4.79 Å². The average molecular weight is 280 g/mol. The van der Waals surface area contributed by atoms with Crippen LogP contribution in [0.2, 0.25) is 0 Å². The molecule has 0 bridgehead atoms. The Morgan fingerprint density at radius 1 is 1.50 bits per heavy atom. The van der Waals surface area contributed by atoms with Gasteiger partial charge in [0, 0.05) is 44.1 Å². The van der Waals surface area contributed by atoms with Crippen molar-refractivity contribution in [3.8, 4) is 0 Å². The molecule has 1 aromatic heterocycles. The highest BCUT2D eigenvalue weighted by molar-refractivity contribution is 5.67. The predicted molar refractivity (Wildman–Crippen MR) is 76.4 cm³/mol. The highest BCUT2D eigenvalue weighted by atomic mass is 16.5. The molecule has 0 radical (unpaired) electrons. The van der Waals surface area contributed by atoms with Crippen LogP contribution in [0.4, 0.5) is 4.79 Å². The van der Waals surface area contributed by atoms with Gasteiger partial charge in [0.1, 0.15) is 0 Å². The van der Waals surface area contributed by atoms with Gasteiger partial charge in [-0.1, -0.05) is 0 Å². The van der Waals surface area contributed by atoms with E-state index in [1.165, 1.54) is 7.11 Å². The molecule has 6 heteroatoms. The van der Waals surface area contributed by atoms with Gasteiger partial charge in [-0.25, -0.2) is 4.79 Å². The first-order chi connectivity index (χ1) is 9.69. The normalized spacial score (nSPS) is 18.0. The second kappa shape index (κ2) is 7.28. The number of likely N-dealkylation sites (tertiary alicyclic amines) is 1. The molecule has 1 N–H and O–H groups in total. The van der Waals surface area contributed by atoms with E-state index in [4.69, 9.17) is 4.74 Å². The first kappa shape index (κ1) is 14.8. The van der Waals surface area contributed by atoms with Crippen LogP contribution in [0.5, 0.6) is 0 Å². The highest BCUT2D eigenvalue weighted by Gasteiger charge is 2.23. The molecule has 0 spiro atoms. The molecule has 1 atom stereocenters. The largest absolute Gasteiger partial charge is 0.453 e. The first-order valence-electron chi connectivity index (χ1n) is 7.25. The number of aryl methyl sites for hydroxylation is 1. The number of ether oxygens (including phenoxy) is 1. The Bertz CT molecular complexity index is 399. The molecular formula is C14H24N4O2. The molecule has 1 fully saturated rings. The summed E-state index contributed by atoms with van der Waals surface area (Å²) < 4.78 is 6.70. The fourth-order valence-electron chi connectivity index (χ4n) is 2.60. The fraction of sp³-hybridized carbons (Fsp3) is 0.714. The number of carbonyl (C=O) groups excluding carboxylic acids is 1. The van der Waals surface area contributed by atoms with Crippen LogP contribution in [-0.4, -0.2) is 53.1 Å². The minimum atomic E-state index is -0.213. The number of methoxy groups -OCH3 is 1. The van der Waals surface area contributed by atoms with E-state index in [-0.39, 0.29) is 6.09 Å². The molecule has 1 aromatic rings. The summed E-state index contributed by atoms with van der Waals surface area (Å²) >= 11 is 0. The Kier molecular flexibility index (Phi) is 5.40. The van der Waals surface area contributed by atoms with Crippen LogP contribution in [0.15, 0.2) is 18.5 Å². The van der Waals surface area contributed by atoms with Crippen LogP contribution in [0.1, 0.15) is 26.2 Å². The van der Waals surface area contributed by atoms with Gasteiger partial charge in [-0.2, -0.15) is 5.10 Å². The third-order valence-electron chi connectivity index (χ3n) is 3.80. The van der Waals surface area contributed by atoms with Gasteiger partial charge in [-0.05, 0) is 32.3 Å². The lowest BCUT2D eigenvalue weighted by Crippen LogP contribution is -2.47. The lowest BCUT2D eigenvalue weighted by atomic mass is 10.0. The zero-order valence-corrected chi connectivity index (χ0v) is 12.3. The Balaban J connectivity index is 1.65. The summed E-state index contributed by atoms with van der Waals surface area (Å²) in [5, 5.41) is 7.84. The Morgan fingerprint density at radius 2 is 2.25 bits per heavy atom. The van der Waals surface area contributed by atoms with E-state index in [1.54, 1.807) is 11.1 Å². The molecule has 1 aliphatic rings. The van der Waals surface area contributed by atoms with E-state index in [0.29, 0.717) is 12.1 Å². The molecule has 1 amide bonds. The molecule has 20 heavy (non-hydrogen) atoms. The van der Waals surface area contributed by atoms with E-state index < -0.39 is 0 Å². The predicted octanol–water partition coefficient (Wildman–Crippen LogP) is 1.48. The van der Waals surface area contributed by atoms with Crippen LogP contribution < -0.4 is 5.32 Å². The van der Waals surface area contributed by atoms with Crippen molar-refractivity contribution in [1.29, 1.82) is 0 Å². The number of amides is 1. The zero-order valence-electron chi connectivity index (χ0n) is 12.3. The van der Waals surface area contributed by atoms with E-state index in [1.807, 2.05) is 16.9 Å². The van der Waals surface area contributed by atoms with Crippen molar-refractivity contribution in [3.63, 3.8) is 0 Å². The van der Waals surface area contributed by atoms with Crippen LogP contribution in [-0.2, 0) is 11.3 Å². The molecule has 2 heterocycles. The topological polar surface area (TPSA) is 59.4 Å². The third kappa shape index (κ3) is 4.23. The van der Waals surface area contributed by atoms with Crippen molar-refractivity contribution >= 4 is 6.09 Å². The van der Waals surface area contributed by atoms with Gasteiger partial charge in [0.05, 0.1) is 7.11 Å². The Morgan fingerprint density at radius 3 is 2.85 bits per heavy atom. The molecule has 2 rings (SSSR count). The van der Waals surface area contributed by atoms with Gasteiger partial charge in [0.25, 0.3) is 0 Å². The summed E-state index contributed by atoms with van der Waals surface area (Å²) in [6.45, 7) is 4.69. The maximum Gasteiger partial charge on any atom is 0.409 e. The summed E-state index contributed by atoms with van der Waals surface area (Å²) in [4.78, 5) is 13.2. The van der Waals surface area contributed by atoms with Crippen molar-refractivity contribution in [1.82, 2.24) is 20.0 Å². The molecule has 6 nitrogen and oxygen atoms in total. The second-order valence-electron chi connectivity index (χ2n) is 5.36. The number of aromatic nitrogens is 2. The van der Waals surface area contributed by atoms with Crippen molar-refractivity contribution < 1.29 is 9.53 Å².